The second kappa shape index (κ2) is 29.6. The molecule has 0 fully saturated rings. The summed E-state index contributed by atoms with van der Waals surface area (Å²) in [5.41, 5.74) is 24.9. The van der Waals surface area contributed by atoms with Gasteiger partial charge in [-0.05, 0) is 135 Å². The van der Waals surface area contributed by atoms with Gasteiger partial charge in [-0.3, -0.25) is 0 Å². The molecule has 6 nitrogen and oxygen atoms in total. The molecule has 120 heavy (non-hydrogen) atoms. The molecule has 0 radical (unpaired) electrons. The molecule has 0 aliphatic carbocycles. The van der Waals surface area contributed by atoms with Gasteiger partial charge in [0.15, 0.2) is 0 Å². The van der Waals surface area contributed by atoms with Gasteiger partial charge in [-0.2, -0.15) is 15.8 Å². The van der Waals surface area contributed by atoms with Crippen LogP contribution in [0.5, 0.6) is 0 Å². The van der Waals surface area contributed by atoms with Crippen molar-refractivity contribution in [2.24, 2.45) is 0 Å². The van der Waals surface area contributed by atoms with Crippen molar-refractivity contribution in [2.75, 3.05) is 0 Å². The molecule has 0 aliphatic heterocycles. The number of fused-ring (bicyclic) bond motifs is 18. The van der Waals surface area contributed by atoms with Gasteiger partial charge in [-0.15, -0.1) is 34.0 Å². The van der Waals surface area contributed by atoms with Crippen molar-refractivity contribution >= 4 is 160 Å². The molecule has 0 atom stereocenters. The second-order valence-corrected chi connectivity index (χ2v) is 33.4. The maximum absolute atomic E-state index is 10.2. The Labute approximate surface area is 703 Å². The largest absolute Gasteiger partial charge is 0.307 e. The summed E-state index contributed by atoms with van der Waals surface area (Å²) in [6, 6.07) is 148. The molecule has 9 heteroatoms. The molecule has 0 bridgehead atoms. The van der Waals surface area contributed by atoms with E-state index in [4.69, 9.17) is 0 Å². The first-order chi connectivity index (χ1) is 59.4. The molecule has 6 heterocycles. The number of para-hydroxylation sites is 9. The van der Waals surface area contributed by atoms with Crippen LogP contribution in [0, 0.1) is 34.0 Å². The van der Waals surface area contributed by atoms with Gasteiger partial charge in [-0.1, -0.05) is 315 Å². The average Bonchev–Trinajstić information content (AvgIpc) is 1.40. The number of nitriles is 3. The molecule has 6 aromatic heterocycles. The number of hydrogen-bond acceptors (Lipinski definition) is 6. The Kier molecular flexibility index (Phi) is 17.6. The molecule has 24 aromatic rings. The monoisotopic (exact) mass is 1580 g/mol. The van der Waals surface area contributed by atoms with Crippen LogP contribution < -0.4 is 0 Å². The van der Waals surface area contributed by atoms with Crippen molar-refractivity contribution in [2.45, 2.75) is 0 Å². The highest BCUT2D eigenvalue weighted by Gasteiger charge is 2.24. The summed E-state index contributed by atoms with van der Waals surface area (Å²) in [6.07, 6.45) is 0. The fourth-order valence-corrected chi connectivity index (χ4v) is 21.7. The highest BCUT2D eigenvalue weighted by atomic mass is 32.1. The highest BCUT2D eigenvalue weighted by molar-refractivity contribution is 7.27. The lowest BCUT2D eigenvalue weighted by atomic mass is 9.95. The summed E-state index contributed by atoms with van der Waals surface area (Å²) >= 11 is 5.54. The lowest BCUT2D eigenvalue weighted by Gasteiger charge is -2.16. The molecule has 558 valence electrons. The van der Waals surface area contributed by atoms with E-state index in [2.05, 4.69) is 396 Å². The lowest BCUT2D eigenvalue weighted by molar-refractivity contribution is 1.17. The van der Waals surface area contributed by atoms with Crippen molar-refractivity contribution in [1.29, 1.82) is 15.8 Å². The summed E-state index contributed by atoms with van der Waals surface area (Å²) in [5.74, 6) is 0. The van der Waals surface area contributed by atoms with Crippen LogP contribution in [0.4, 0.5) is 0 Å². The number of aromatic nitrogens is 3. The fraction of sp³-hybridized carbons (Fsp3) is 0. The van der Waals surface area contributed by atoms with Crippen molar-refractivity contribution in [3.63, 3.8) is 0 Å². The van der Waals surface area contributed by atoms with Crippen molar-refractivity contribution in [1.82, 2.24) is 13.7 Å². The standard InChI is InChI=1S/3C37H22N2S/c38-23-26-9-7-14-28(37(26)39-32-15-4-1-10-29(32)30-11-2-5-16-33(30)39)25-21-19-24(20-22-25)27-13-8-18-35-36(27)31-12-3-6-17-34(31)40-35;38-23-26-9-7-13-27(36(26)39-33-16-4-1-10-29(33)30-11-2-5-17-34(30)39)24-19-21-25(22-20-24)28-14-8-15-32-31-12-3-6-18-35(31)40-37(28)32;38-23-27-8-7-12-28(37(27)39-33-13-4-1-9-29(33)30-10-2-5-14-34(30)39)25-18-16-24(17-19-25)26-20-21-32-31-11-3-6-15-35(31)40-36(32)22-26/h3*1-22H. The highest BCUT2D eigenvalue weighted by Crippen LogP contribution is 2.47. The van der Waals surface area contributed by atoms with Crippen LogP contribution in [0.1, 0.15) is 16.7 Å². The SMILES string of the molecule is N#Cc1cccc(-c2ccc(-c3ccc4c(c3)sc3ccccc34)cc2)c1-n1c2ccccc2c2ccccc21.N#Cc1cccc(-c2ccc(-c3cccc4c3sc3ccccc34)cc2)c1-n1c2ccccc2c2ccccc21.N#Cc1cccc(-c2ccc(-c3cccc4sc5ccccc5c34)cc2)c1-n1c2ccccc2c2ccccc21. The number of rotatable bonds is 9. The van der Waals surface area contributed by atoms with Gasteiger partial charge in [0.2, 0.25) is 0 Å². The van der Waals surface area contributed by atoms with E-state index in [9.17, 15) is 15.8 Å². The maximum atomic E-state index is 10.2. The molecule has 0 saturated carbocycles. The van der Waals surface area contributed by atoms with Gasteiger partial charge in [0.05, 0.1) is 66.9 Å². The zero-order valence-electron chi connectivity index (χ0n) is 64.5. The van der Waals surface area contributed by atoms with Gasteiger partial charge in [0.25, 0.3) is 0 Å². The number of benzene rings is 18. The van der Waals surface area contributed by atoms with Crippen LogP contribution in [0.3, 0.4) is 0 Å². The summed E-state index contributed by atoms with van der Waals surface area (Å²) in [5, 5.41) is 45.6. The molecule has 0 unspecified atom stereocenters. The lowest BCUT2D eigenvalue weighted by Crippen LogP contribution is -2.00. The fourth-order valence-electron chi connectivity index (χ4n) is 18.2. The second-order valence-electron chi connectivity index (χ2n) is 30.1. The molecule has 0 amide bonds. The van der Waals surface area contributed by atoms with E-state index in [1.54, 1.807) is 0 Å². The van der Waals surface area contributed by atoms with Crippen molar-refractivity contribution in [3.05, 3.63) is 417 Å². The molecule has 0 spiro atoms. The quantitative estimate of drug-likeness (QED) is 0.144. The van der Waals surface area contributed by atoms with Crippen LogP contribution >= 0.6 is 34.0 Å². The van der Waals surface area contributed by atoms with Crippen LogP contribution in [0.2, 0.25) is 0 Å². The average molecular weight is 1580 g/mol. The summed E-state index contributed by atoms with van der Waals surface area (Å²) in [4.78, 5) is 0. The van der Waals surface area contributed by atoms with Gasteiger partial charge in [0, 0.05) is 110 Å². The van der Waals surface area contributed by atoms with Gasteiger partial charge in [0.1, 0.15) is 18.2 Å². The van der Waals surface area contributed by atoms with Gasteiger partial charge in [-0.25, -0.2) is 0 Å². The van der Waals surface area contributed by atoms with E-state index in [-0.39, 0.29) is 0 Å². The van der Waals surface area contributed by atoms with E-state index in [0.29, 0.717) is 16.7 Å². The first-order valence-electron chi connectivity index (χ1n) is 40.0. The third-order valence-corrected chi connectivity index (χ3v) is 27.1. The van der Waals surface area contributed by atoms with E-state index in [1.807, 2.05) is 70.4 Å². The van der Waals surface area contributed by atoms with E-state index >= 15 is 0 Å². The normalized spacial score (nSPS) is 11.5. The minimum atomic E-state index is 0.655. The third kappa shape index (κ3) is 11.8. The van der Waals surface area contributed by atoms with Crippen molar-refractivity contribution in [3.8, 4) is 102 Å². The van der Waals surface area contributed by atoms with Crippen LogP contribution in [-0.2, 0) is 0 Å². The molecule has 24 rings (SSSR count). The summed E-state index contributed by atoms with van der Waals surface area (Å²) in [6.45, 7) is 0. The maximum Gasteiger partial charge on any atom is 0.101 e. The molecule has 18 aromatic carbocycles. The van der Waals surface area contributed by atoms with Gasteiger partial charge < -0.3 is 13.7 Å². The Morgan fingerprint density at radius 1 is 0.183 bits per heavy atom. The van der Waals surface area contributed by atoms with Crippen LogP contribution in [0.25, 0.3) is 210 Å². The summed E-state index contributed by atoms with van der Waals surface area (Å²) in [7, 11) is 0. The number of thiophene rings is 3. The van der Waals surface area contributed by atoms with Crippen molar-refractivity contribution < 1.29 is 0 Å². The van der Waals surface area contributed by atoms with Gasteiger partial charge >= 0.3 is 0 Å². The molecule has 0 saturated heterocycles. The van der Waals surface area contributed by atoms with E-state index < -0.39 is 0 Å². The molecule has 0 aliphatic rings. The Bertz CT molecular complexity index is 8230. The predicted octanol–water partition coefficient (Wildman–Crippen LogP) is 31.1. The summed E-state index contributed by atoms with van der Waals surface area (Å²) < 4.78 is 14.6. The first-order valence-corrected chi connectivity index (χ1v) is 42.5. The number of nitrogens with zero attached hydrogens (tertiary/aromatic N) is 6. The molecular formula is C111H66N6S3. The minimum Gasteiger partial charge on any atom is -0.307 e. The third-order valence-electron chi connectivity index (χ3n) is 23.6. The van der Waals surface area contributed by atoms with E-state index in [1.165, 1.54) is 126 Å². The molecule has 0 N–H and O–H groups in total. The molecular weight excluding hydrogens is 1510 g/mol. The Balaban J connectivity index is 0.000000108. The van der Waals surface area contributed by atoms with Crippen LogP contribution in [0.15, 0.2) is 400 Å². The topological polar surface area (TPSA) is 86.2 Å². The Morgan fingerprint density at radius 3 is 0.867 bits per heavy atom. The minimum absolute atomic E-state index is 0.655. The smallest absolute Gasteiger partial charge is 0.101 e. The van der Waals surface area contributed by atoms with Crippen LogP contribution in [-0.4, -0.2) is 13.7 Å². The zero-order valence-corrected chi connectivity index (χ0v) is 67.0. The number of hydrogen-bond donors (Lipinski definition) is 0. The first kappa shape index (κ1) is 71.1. The Hall–Kier alpha value is -15.5. The Morgan fingerprint density at radius 2 is 0.450 bits per heavy atom. The predicted molar refractivity (Wildman–Crippen MR) is 508 cm³/mol. The zero-order chi connectivity index (χ0) is 79.9. The van der Waals surface area contributed by atoms with E-state index in [0.717, 1.165) is 83.5 Å².